The van der Waals surface area contributed by atoms with Crippen LogP contribution in [0.3, 0.4) is 0 Å². The van der Waals surface area contributed by atoms with Crippen molar-refractivity contribution in [2.24, 2.45) is 10.9 Å². The van der Waals surface area contributed by atoms with Crippen LogP contribution in [0.4, 0.5) is 5.69 Å². The van der Waals surface area contributed by atoms with Crippen LogP contribution in [-0.2, 0) is 16.1 Å². The zero-order valence-corrected chi connectivity index (χ0v) is 16.6. The Labute approximate surface area is 162 Å². The number of benzene rings is 1. The molecule has 0 aromatic heterocycles. The molecular formula is C21H32N4O2. The van der Waals surface area contributed by atoms with Gasteiger partial charge in [0.25, 0.3) is 0 Å². The van der Waals surface area contributed by atoms with E-state index in [2.05, 4.69) is 29.3 Å². The molecule has 1 atom stereocenters. The van der Waals surface area contributed by atoms with Gasteiger partial charge in [-0.25, -0.2) is 4.99 Å². The normalized spacial score (nSPS) is 21.0. The van der Waals surface area contributed by atoms with Crippen molar-refractivity contribution in [3.63, 3.8) is 0 Å². The third-order valence-corrected chi connectivity index (χ3v) is 5.31. The number of piperidine rings is 1. The summed E-state index contributed by atoms with van der Waals surface area (Å²) in [6.07, 6.45) is 3.91. The van der Waals surface area contributed by atoms with E-state index in [0.29, 0.717) is 18.9 Å². The van der Waals surface area contributed by atoms with Crippen molar-refractivity contribution in [2.75, 3.05) is 44.8 Å². The predicted molar refractivity (Wildman–Crippen MR) is 109 cm³/mol. The minimum Gasteiger partial charge on any atom is -0.384 e. The number of hydrogen-bond acceptors (Lipinski definition) is 3. The first kappa shape index (κ1) is 19.7. The van der Waals surface area contributed by atoms with E-state index in [-0.39, 0.29) is 5.91 Å². The number of rotatable bonds is 6. The van der Waals surface area contributed by atoms with Crippen molar-refractivity contribution in [3.8, 4) is 0 Å². The molecule has 1 amide bonds. The van der Waals surface area contributed by atoms with Gasteiger partial charge < -0.3 is 19.9 Å². The average molecular weight is 373 g/mol. The number of amides is 1. The molecule has 0 aliphatic carbocycles. The van der Waals surface area contributed by atoms with Crippen LogP contribution in [0.15, 0.2) is 29.3 Å². The highest BCUT2D eigenvalue weighted by molar-refractivity contribution is 5.93. The number of anilines is 1. The van der Waals surface area contributed by atoms with E-state index in [9.17, 15) is 4.79 Å². The summed E-state index contributed by atoms with van der Waals surface area (Å²) in [5.74, 6) is 1.80. The summed E-state index contributed by atoms with van der Waals surface area (Å²) in [5, 5.41) is 3.41. The molecule has 0 saturated carbocycles. The lowest BCUT2D eigenvalue weighted by atomic mass is 10.1. The molecule has 2 aliphatic heterocycles. The number of carbonyl (C=O) groups is 1. The summed E-state index contributed by atoms with van der Waals surface area (Å²) >= 11 is 0. The van der Waals surface area contributed by atoms with Gasteiger partial charge in [-0.1, -0.05) is 12.1 Å². The average Bonchev–Trinajstić information content (AvgIpc) is 3.15. The lowest BCUT2D eigenvalue weighted by Gasteiger charge is -2.26. The summed E-state index contributed by atoms with van der Waals surface area (Å²) in [6.45, 7) is 7.27. The minimum absolute atomic E-state index is 0.237. The summed E-state index contributed by atoms with van der Waals surface area (Å²) in [4.78, 5) is 21.1. The molecular weight excluding hydrogens is 340 g/mol. The first-order valence-electron chi connectivity index (χ1n) is 10.1. The van der Waals surface area contributed by atoms with Crippen LogP contribution in [0.2, 0.25) is 0 Å². The van der Waals surface area contributed by atoms with Crippen molar-refractivity contribution in [2.45, 2.75) is 39.2 Å². The first-order chi connectivity index (χ1) is 13.2. The standard InChI is InChI=1S/C21H32N4O2/c1-3-22-21(24-13-11-18(15-24)16-27-2)23-14-17-7-9-19(10-8-17)25-12-5-4-6-20(25)26/h7-10,18H,3-6,11-16H2,1-2H3,(H,22,23). The topological polar surface area (TPSA) is 57.2 Å². The van der Waals surface area contributed by atoms with E-state index in [1.807, 2.05) is 17.0 Å². The Morgan fingerprint density at radius 3 is 2.78 bits per heavy atom. The number of aliphatic imine (C=N–C) groups is 1. The lowest BCUT2D eigenvalue weighted by Crippen LogP contribution is -2.40. The van der Waals surface area contributed by atoms with Gasteiger partial charge >= 0.3 is 0 Å². The van der Waals surface area contributed by atoms with Gasteiger partial charge in [-0.3, -0.25) is 4.79 Å². The van der Waals surface area contributed by atoms with E-state index >= 15 is 0 Å². The van der Waals surface area contributed by atoms with Crippen LogP contribution >= 0.6 is 0 Å². The zero-order chi connectivity index (χ0) is 19.1. The molecule has 2 heterocycles. The van der Waals surface area contributed by atoms with E-state index in [1.165, 1.54) is 0 Å². The molecule has 6 nitrogen and oxygen atoms in total. The van der Waals surface area contributed by atoms with Crippen molar-refractivity contribution in [1.82, 2.24) is 10.2 Å². The molecule has 2 fully saturated rings. The van der Waals surface area contributed by atoms with E-state index in [0.717, 1.165) is 69.3 Å². The number of ether oxygens (including phenoxy) is 1. The van der Waals surface area contributed by atoms with E-state index in [1.54, 1.807) is 7.11 Å². The number of nitrogens with one attached hydrogen (secondary N) is 1. The second-order valence-corrected chi connectivity index (χ2v) is 7.40. The number of nitrogens with zero attached hydrogens (tertiary/aromatic N) is 3. The smallest absolute Gasteiger partial charge is 0.226 e. The van der Waals surface area contributed by atoms with Crippen molar-refractivity contribution in [3.05, 3.63) is 29.8 Å². The van der Waals surface area contributed by atoms with Gasteiger partial charge in [0.2, 0.25) is 5.91 Å². The Hall–Kier alpha value is -2.08. The minimum atomic E-state index is 0.237. The predicted octanol–water partition coefficient (Wildman–Crippen LogP) is 2.64. The van der Waals surface area contributed by atoms with Gasteiger partial charge in [0.1, 0.15) is 0 Å². The Bertz CT molecular complexity index is 644. The molecule has 1 N–H and O–H groups in total. The molecule has 27 heavy (non-hydrogen) atoms. The van der Waals surface area contributed by atoms with Gasteiger partial charge in [0.05, 0.1) is 13.2 Å². The fourth-order valence-electron chi connectivity index (χ4n) is 3.85. The largest absolute Gasteiger partial charge is 0.384 e. The van der Waals surface area contributed by atoms with Crippen LogP contribution in [0.1, 0.15) is 38.2 Å². The Morgan fingerprint density at radius 1 is 1.26 bits per heavy atom. The molecule has 1 aromatic carbocycles. The molecule has 1 unspecified atom stereocenters. The van der Waals surface area contributed by atoms with Crippen LogP contribution < -0.4 is 10.2 Å². The molecule has 0 radical (unpaired) electrons. The highest BCUT2D eigenvalue weighted by atomic mass is 16.5. The van der Waals surface area contributed by atoms with Crippen LogP contribution in [0.25, 0.3) is 0 Å². The SMILES string of the molecule is CCNC(=NCc1ccc(N2CCCCC2=O)cc1)N1CCC(COC)C1. The van der Waals surface area contributed by atoms with Crippen LogP contribution in [0.5, 0.6) is 0 Å². The number of hydrogen-bond donors (Lipinski definition) is 1. The summed E-state index contributed by atoms with van der Waals surface area (Å²) < 4.78 is 5.30. The fraction of sp³-hybridized carbons (Fsp3) is 0.619. The number of guanidine groups is 1. The van der Waals surface area contributed by atoms with Crippen molar-refractivity contribution >= 4 is 17.6 Å². The van der Waals surface area contributed by atoms with E-state index in [4.69, 9.17) is 9.73 Å². The molecule has 1 aromatic rings. The lowest BCUT2D eigenvalue weighted by molar-refractivity contribution is -0.119. The molecule has 0 bridgehead atoms. The monoisotopic (exact) mass is 372 g/mol. The Morgan fingerprint density at radius 2 is 2.07 bits per heavy atom. The first-order valence-corrected chi connectivity index (χ1v) is 10.1. The van der Waals surface area contributed by atoms with Gasteiger partial charge in [-0.05, 0) is 43.9 Å². The third kappa shape index (κ3) is 5.22. The number of carbonyl (C=O) groups excluding carboxylic acids is 1. The summed E-state index contributed by atoms with van der Waals surface area (Å²) in [7, 11) is 1.77. The maximum atomic E-state index is 12.1. The fourth-order valence-corrected chi connectivity index (χ4v) is 3.85. The molecule has 6 heteroatoms. The second kappa shape index (κ2) is 9.74. The summed E-state index contributed by atoms with van der Waals surface area (Å²) in [5.41, 5.74) is 2.16. The second-order valence-electron chi connectivity index (χ2n) is 7.40. The van der Waals surface area contributed by atoms with Gasteiger partial charge in [0, 0.05) is 51.3 Å². The summed E-state index contributed by atoms with van der Waals surface area (Å²) in [6, 6.07) is 8.26. The maximum Gasteiger partial charge on any atom is 0.226 e. The van der Waals surface area contributed by atoms with Gasteiger partial charge in [-0.2, -0.15) is 0 Å². The van der Waals surface area contributed by atoms with E-state index < -0.39 is 0 Å². The maximum absolute atomic E-state index is 12.1. The highest BCUT2D eigenvalue weighted by Crippen LogP contribution is 2.22. The number of methoxy groups -OCH3 is 1. The Kier molecular flexibility index (Phi) is 7.10. The highest BCUT2D eigenvalue weighted by Gasteiger charge is 2.24. The Balaban J connectivity index is 1.61. The van der Waals surface area contributed by atoms with Crippen LogP contribution in [-0.4, -0.2) is 56.7 Å². The van der Waals surface area contributed by atoms with Crippen LogP contribution in [0, 0.1) is 5.92 Å². The third-order valence-electron chi connectivity index (χ3n) is 5.31. The van der Waals surface area contributed by atoms with Gasteiger partial charge in [0.15, 0.2) is 5.96 Å². The molecule has 148 valence electrons. The molecule has 3 rings (SSSR count). The van der Waals surface area contributed by atoms with Crippen molar-refractivity contribution in [1.29, 1.82) is 0 Å². The quantitative estimate of drug-likeness (QED) is 0.616. The molecule has 2 aliphatic rings. The number of likely N-dealkylation sites (tertiary alicyclic amines) is 1. The zero-order valence-electron chi connectivity index (χ0n) is 16.6. The van der Waals surface area contributed by atoms with Crippen molar-refractivity contribution < 1.29 is 9.53 Å². The molecule has 2 saturated heterocycles. The van der Waals surface area contributed by atoms with Gasteiger partial charge in [-0.15, -0.1) is 0 Å². The molecule has 0 spiro atoms.